The number of hydrogen-bond acceptors (Lipinski definition) is 11. The number of esters is 1. The summed E-state index contributed by atoms with van der Waals surface area (Å²) < 4.78 is 29.4. The molecule has 4 heterocycles. The first-order valence-corrected chi connectivity index (χ1v) is 17.1. The van der Waals surface area contributed by atoms with Crippen molar-refractivity contribution in [1.82, 2.24) is 9.55 Å². The van der Waals surface area contributed by atoms with Gasteiger partial charge in [-0.15, -0.1) is 0 Å². The van der Waals surface area contributed by atoms with Crippen molar-refractivity contribution in [2.24, 2.45) is 11.1 Å². The van der Waals surface area contributed by atoms with E-state index >= 15 is 0 Å². The SMILES string of the molecule is CCOC(=O)c1ccc(N2C(=O)C3Sc4c(sc(=O)n4CC(=O)Nc4ccc(S(N)(=O)=O)cc4)[C@@H](c4cccnc4)C3C2=O)cc1. The van der Waals surface area contributed by atoms with Gasteiger partial charge in [-0.05, 0) is 67.1 Å². The Bertz CT molecular complexity index is 2030. The predicted molar refractivity (Wildman–Crippen MR) is 169 cm³/mol. The number of imide groups is 1. The second kappa shape index (κ2) is 12.3. The van der Waals surface area contributed by atoms with Crippen molar-refractivity contribution < 1.29 is 32.3 Å². The van der Waals surface area contributed by atoms with Crippen LogP contribution in [0, 0.1) is 5.92 Å². The maximum absolute atomic E-state index is 14.0. The topological polar surface area (TPSA) is 188 Å². The van der Waals surface area contributed by atoms with Gasteiger partial charge >= 0.3 is 10.8 Å². The number of nitrogens with zero attached hydrogens (tertiary/aromatic N) is 3. The lowest BCUT2D eigenvalue weighted by Crippen LogP contribution is -2.33. The van der Waals surface area contributed by atoms with Gasteiger partial charge in [0.1, 0.15) is 11.8 Å². The maximum atomic E-state index is 14.0. The number of sulfonamides is 1. The van der Waals surface area contributed by atoms with Gasteiger partial charge in [0.05, 0.1) is 33.7 Å². The molecule has 236 valence electrons. The Labute approximate surface area is 270 Å². The van der Waals surface area contributed by atoms with Crippen LogP contribution in [0.2, 0.25) is 0 Å². The monoisotopic (exact) mass is 679 g/mol. The van der Waals surface area contributed by atoms with E-state index in [1.54, 1.807) is 31.5 Å². The third-order valence-corrected chi connectivity index (χ3v) is 11.0. The fraction of sp³-hybridized carbons (Fsp3) is 0.200. The lowest BCUT2D eigenvalue weighted by atomic mass is 9.84. The van der Waals surface area contributed by atoms with E-state index < -0.39 is 62.2 Å². The summed E-state index contributed by atoms with van der Waals surface area (Å²) in [6.45, 7) is 1.49. The maximum Gasteiger partial charge on any atom is 0.338 e. The first-order valence-electron chi connectivity index (χ1n) is 13.9. The molecular weight excluding hydrogens is 655 g/mol. The van der Waals surface area contributed by atoms with E-state index in [4.69, 9.17) is 9.88 Å². The number of pyridine rings is 1. The molecule has 2 aliphatic rings. The number of anilines is 2. The second-order valence-electron chi connectivity index (χ2n) is 10.3. The zero-order valence-electron chi connectivity index (χ0n) is 24.0. The molecule has 46 heavy (non-hydrogen) atoms. The minimum Gasteiger partial charge on any atom is -0.462 e. The lowest BCUT2D eigenvalue weighted by Gasteiger charge is -2.30. The average molecular weight is 680 g/mol. The van der Waals surface area contributed by atoms with Gasteiger partial charge in [0.2, 0.25) is 27.7 Å². The molecule has 6 rings (SSSR count). The van der Waals surface area contributed by atoms with Crippen LogP contribution in [-0.2, 0) is 35.7 Å². The standard InChI is InChI=1S/C30H25N5O8S3/c1-2-43-29(39)16-5-9-19(10-6-16)35-26(37)23-22(17-4-3-13-32-14-17)25-28(44-24(23)27(35)38)34(30(40)45-25)15-21(36)33-18-7-11-20(12-8-18)46(31,41)42/h3-14,22-24H,2,15H2,1H3,(H,33,36)(H2,31,41,42)/t22-,23?,24?/m0/s1. The van der Waals surface area contributed by atoms with E-state index in [1.165, 1.54) is 53.1 Å². The van der Waals surface area contributed by atoms with Crippen LogP contribution in [-0.4, -0.2) is 53.5 Å². The molecule has 0 spiro atoms. The number of nitrogens with one attached hydrogen (secondary N) is 1. The normalized spacial score (nSPS) is 19.0. The van der Waals surface area contributed by atoms with E-state index in [0.717, 1.165) is 28.0 Å². The number of carbonyl (C=O) groups excluding carboxylic acids is 4. The zero-order valence-corrected chi connectivity index (χ0v) is 26.4. The minimum atomic E-state index is -3.92. The number of thiazole rings is 1. The Morgan fingerprint density at radius 3 is 2.37 bits per heavy atom. The van der Waals surface area contributed by atoms with Crippen LogP contribution in [0.1, 0.15) is 33.6 Å². The summed E-state index contributed by atoms with van der Waals surface area (Å²) in [6, 6.07) is 14.7. The Kier molecular flexibility index (Phi) is 8.37. The molecule has 3 amide bonds. The third-order valence-electron chi connectivity index (χ3n) is 7.50. The number of carbonyl (C=O) groups is 4. The van der Waals surface area contributed by atoms with Crippen LogP contribution < -0.4 is 20.2 Å². The molecule has 2 aromatic heterocycles. The van der Waals surface area contributed by atoms with Crippen molar-refractivity contribution in [1.29, 1.82) is 0 Å². The highest BCUT2D eigenvalue weighted by Gasteiger charge is 2.57. The molecule has 0 aliphatic carbocycles. The Morgan fingerprint density at radius 1 is 1.02 bits per heavy atom. The number of rotatable bonds is 8. The lowest BCUT2D eigenvalue weighted by molar-refractivity contribution is -0.122. The van der Waals surface area contributed by atoms with E-state index in [2.05, 4.69) is 10.3 Å². The number of fused-ring (bicyclic) bond motifs is 2. The van der Waals surface area contributed by atoms with Crippen LogP contribution in [0.25, 0.3) is 0 Å². The van der Waals surface area contributed by atoms with E-state index in [9.17, 15) is 32.4 Å². The van der Waals surface area contributed by atoms with Crippen LogP contribution in [0.4, 0.5) is 11.4 Å². The third kappa shape index (κ3) is 5.75. The van der Waals surface area contributed by atoms with Gasteiger partial charge in [-0.2, -0.15) is 0 Å². The average Bonchev–Trinajstić information content (AvgIpc) is 3.47. The van der Waals surface area contributed by atoms with Gasteiger partial charge in [0.25, 0.3) is 0 Å². The molecule has 3 N–H and O–H groups in total. The Balaban J connectivity index is 1.32. The largest absolute Gasteiger partial charge is 0.462 e. The van der Waals surface area contributed by atoms with Crippen LogP contribution in [0.5, 0.6) is 0 Å². The van der Waals surface area contributed by atoms with Crippen molar-refractivity contribution in [3.05, 3.63) is 98.7 Å². The number of nitrogens with two attached hydrogens (primary N) is 1. The quantitative estimate of drug-likeness (QED) is 0.207. The smallest absolute Gasteiger partial charge is 0.338 e. The second-order valence-corrected chi connectivity index (χ2v) is 14.0. The molecule has 4 aromatic rings. The number of amides is 3. The summed E-state index contributed by atoms with van der Waals surface area (Å²) in [4.78, 5) is 71.7. The molecule has 2 aliphatic heterocycles. The summed E-state index contributed by atoms with van der Waals surface area (Å²) in [7, 11) is -3.92. The van der Waals surface area contributed by atoms with Gasteiger partial charge in [-0.25, -0.2) is 23.3 Å². The van der Waals surface area contributed by atoms with Gasteiger partial charge < -0.3 is 10.1 Å². The molecule has 2 aromatic carbocycles. The number of ether oxygens (including phenoxy) is 1. The molecule has 0 radical (unpaired) electrons. The number of thioether (sulfide) groups is 1. The summed E-state index contributed by atoms with van der Waals surface area (Å²) >= 11 is 1.95. The molecule has 13 nitrogen and oxygen atoms in total. The van der Waals surface area contributed by atoms with Crippen molar-refractivity contribution in [3.8, 4) is 0 Å². The van der Waals surface area contributed by atoms with Crippen molar-refractivity contribution in [2.45, 2.75) is 34.6 Å². The molecule has 1 saturated heterocycles. The van der Waals surface area contributed by atoms with Gasteiger partial charge in [0.15, 0.2) is 0 Å². The first-order chi connectivity index (χ1) is 22.0. The molecule has 1 fully saturated rings. The number of aromatic nitrogens is 2. The summed E-state index contributed by atoms with van der Waals surface area (Å²) in [6.07, 6.45) is 3.16. The Morgan fingerprint density at radius 2 is 1.74 bits per heavy atom. The van der Waals surface area contributed by atoms with Crippen LogP contribution in [0.15, 0.2) is 87.8 Å². The Hall–Kier alpha value is -4.64. The molecular formula is C30H25N5O8S3. The van der Waals surface area contributed by atoms with Crippen molar-refractivity contribution in [3.63, 3.8) is 0 Å². The number of hydrogen-bond donors (Lipinski definition) is 2. The number of primary sulfonamides is 1. The highest BCUT2D eigenvalue weighted by Crippen LogP contribution is 2.53. The van der Waals surface area contributed by atoms with Crippen molar-refractivity contribution in [2.75, 3.05) is 16.8 Å². The van der Waals surface area contributed by atoms with E-state index in [1.807, 2.05) is 0 Å². The molecule has 3 atom stereocenters. The van der Waals surface area contributed by atoms with Crippen molar-refractivity contribution >= 4 is 68.2 Å². The predicted octanol–water partition coefficient (Wildman–Crippen LogP) is 2.56. The van der Waals surface area contributed by atoms with Crippen LogP contribution >= 0.6 is 23.1 Å². The first kappa shape index (κ1) is 31.3. The number of benzene rings is 2. The molecule has 0 bridgehead atoms. The van der Waals surface area contributed by atoms with Crippen LogP contribution in [0.3, 0.4) is 0 Å². The fourth-order valence-electron chi connectivity index (χ4n) is 5.46. The summed E-state index contributed by atoms with van der Waals surface area (Å²) in [5, 5.41) is 7.25. The molecule has 0 saturated carbocycles. The van der Waals surface area contributed by atoms with Gasteiger partial charge in [0, 0.05) is 28.9 Å². The van der Waals surface area contributed by atoms with E-state index in [0.29, 0.717) is 15.5 Å². The van der Waals surface area contributed by atoms with E-state index in [-0.39, 0.29) is 28.4 Å². The van der Waals surface area contributed by atoms with Gasteiger partial charge in [-0.3, -0.25) is 28.7 Å². The highest BCUT2D eigenvalue weighted by atomic mass is 32.2. The minimum absolute atomic E-state index is 0.124. The molecule has 2 unspecified atom stereocenters. The highest BCUT2D eigenvalue weighted by molar-refractivity contribution is 8.00. The zero-order chi connectivity index (χ0) is 32.7. The summed E-state index contributed by atoms with van der Waals surface area (Å²) in [5.74, 6) is -3.60. The summed E-state index contributed by atoms with van der Waals surface area (Å²) in [5.41, 5.74) is 1.48. The van der Waals surface area contributed by atoms with Gasteiger partial charge in [-0.1, -0.05) is 29.2 Å². The molecule has 16 heteroatoms. The fourth-order valence-corrected chi connectivity index (χ4v) is 8.75.